The van der Waals surface area contributed by atoms with Crippen LogP contribution in [0.2, 0.25) is 0 Å². The molecule has 0 spiro atoms. The third kappa shape index (κ3) is 4.22. The second-order valence-corrected chi connectivity index (χ2v) is 12.7. The number of aryl methyl sites for hydroxylation is 1. The van der Waals surface area contributed by atoms with Crippen LogP contribution >= 0.6 is 11.3 Å². The number of hydrogen-bond donors (Lipinski definition) is 1. The van der Waals surface area contributed by atoms with E-state index in [1.54, 1.807) is 0 Å². The zero-order valence-corrected chi connectivity index (χ0v) is 22.7. The maximum absolute atomic E-state index is 7.19. The Balaban J connectivity index is 2.25. The molecule has 174 valence electrons. The van der Waals surface area contributed by atoms with E-state index in [0.29, 0.717) is 0 Å². The van der Waals surface area contributed by atoms with Crippen molar-refractivity contribution in [3.05, 3.63) is 63.3 Å². The van der Waals surface area contributed by atoms with Crippen molar-refractivity contribution < 1.29 is 4.74 Å². The van der Waals surface area contributed by atoms with E-state index in [9.17, 15) is 0 Å². The number of ether oxygens (including phenoxy) is 1. The van der Waals surface area contributed by atoms with Crippen LogP contribution in [-0.4, -0.2) is 11.1 Å². The molecule has 1 N–H and O–H groups in total. The van der Waals surface area contributed by atoms with Gasteiger partial charge >= 0.3 is 0 Å². The van der Waals surface area contributed by atoms with Crippen molar-refractivity contribution >= 4 is 22.1 Å². The highest BCUT2D eigenvalue weighted by Crippen LogP contribution is 2.53. The Morgan fingerprint density at radius 2 is 1.34 bits per heavy atom. The van der Waals surface area contributed by atoms with Gasteiger partial charge in [0.25, 0.3) is 0 Å². The van der Waals surface area contributed by atoms with Crippen LogP contribution in [0, 0.1) is 26.2 Å². The van der Waals surface area contributed by atoms with E-state index in [4.69, 9.17) is 4.74 Å². The molecule has 0 amide bonds. The molecule has 0 radical (unpaired) electrons. The van der Waals surface area contributed by atoms with E-state index in [-0.39, 0.29) is 16.5 Å². The zero-order chi connectivity index (χ0) is 24.1. The molecule has 3 heteroatoms. The first-order valence-electron chi connectivity index (χ1n) is 11.6. The summed E-state index contributed by atoms with van der Waals surface area (Å²) in [6.07, 6.45) is 0. The molecule has 0 bridgehead atoms. The topological polar surface area (TPSA) is 21.3 Å². The maximum Gasteiger partial charge on any atom is 0.147 e. The minimum atomic E-state index is -0.549. The highest BCUT2D eigenvalue weighted by molar-refractivity contribution is 7.12. The molecule has 32 heavy (non-hydrogen) atoms. The minimum Gasteiger partial charge on any atom is -0.481 e. The summed E-state index contributed by atoms with van der Waals surface area (Å²) in [7, 11) is 0. The summed E-state index contributed by atoms with van der Waals surface area (Å²) in [5.74, 6) is 0.938. The molecule has 0 unspecified atom stereocenters. The Morgan fingerprint density at radius 1 is 0.750 bits per heavy atom. The summed E-state index contributed by atoms with van der Waals surface area (Å²) in [6, 6.07) is 14.9. The number of benzene rings is 2. The number of rotatable bonds is 6. The van der Waals surface area contributed by atoms with Crippen LogP contribution in [0.3, 0.4) is 0 Å². The lowest BCUT2D eigenvalue weighted by atomic mass is 9.62. The van der Waals surface area contributed by atoms with E-state index < -0.39 is 5.60 Å². The van der Waals surface area contributed by atoms with E-state index in [1.165, 1.54) is 26.3 Å². The van der Waals surface area contributed by atoms with Gasteiger partial charge in [0.2, 0.25) is 0 Å². The first kappa shape index (κ1) is 24.8. The molecule has 2 nitrogen and oxygen atoms in total. The molecule has 2 aromatic carbocycles. The largest absolute Gasteiger partial charge is 0.481 e. The molecule has 0 aliphatic rings. The summed E-state index contributed by atoms with van der Waals surface area (Å²) in [4.78, 5) is 2.68. The molecule has 3 aromatic rings. The Kier molecular flexibility index (Phi) is 6.34. The molecule has 0 aliphatic heterocycles. The number of nitrogens with one attached hydrogen (secondary N) is 1. The molecule has 0 fully saturated rings. The fourth-order valence-corrected chi connectivity index (χ4v) is 6.26. The Bertz CT molecular complexity index is 1110. The average molecular weight is 452 g/mol. The quantitative estimate of drug-likeness (QED) is 0.407. The molecule has 1 heterocycles. The first-order chi connectivity index (χ1) is 14.6. The fourth-order valence-electron chi connectivity index (χ4n) is 4.85. The lowest BCUT2D eigenvalue weighted by Gasteiger charge is -2.55. The van der Waals surface area contributed by atoms with Crippen molar-refractivity contribution in [2.75, 3.05) is 0 Å². The van der Waals surface area contributed by atoms with Crippen LogP contribution in [0.5, 0.6) is 5.75 Å². The zero-order valence-electron chi connectivity index (χ0n) is 21.9. The standard InChI is InChI=1S/C29H41NOS/c1-19-20(2)25(32-21(19)3)29(11,27(7,8)28(9,10)30-26(4,5)6)31-24-18-14-16-22-15-12-13-17-23(22)24/h12-18,30H,1-11H3/t29-/m1/s1. The van der Waals surface area contributed by atoms with Crippen molar-refractivity contribution in [3.8, 4) is 5.75 Å². The molecule has 0 saturated heterocycles. The second-order valence-electron chi connectivity index (χ2n) is 11.5. The van der Waals surface area contributed by atoms with Crippen LogP contribution in [-0.2, 0) is 5.60 Å². The van der Waals surface area contributed by atoms with Crippen molar-refractivity contribution in [2.45, 2.75) is 92.8 Å². The highest BCUT2D eigenvalue weighted by atomic mass is 32.1. The number of fused-ring (bicyclic) bond motifs is 1. The van der Waals surface area contributed by atoms with Crippen molar-refractivity contribution in [1.29, 1.82) is 0 Å². The predicted molar refractivity (Wildman–Crippen MR) is 141 cm³/mol. The summed E-state index contributed by atoms with van der Waals surface area (Å²) in [5, 5.41) is 6.25. The first-order valence-corrected chi connectivity index (χ1v) is 12.5. The van der Waals surface area contributed by atoms with Gasteiger partial charge in [-0.2, -0.15) is 0 Å². The summed E-state index contributed by atoms with van der Waals surface area (Å²) in [6.45, 7) is 25.0. The van der Waals surface area contributed by atoms with Gasteiger partial charge in [0.1, 0.15) is 11.4 Å². The van der Waals surface area contributed by atoms with E-state index in [1.807, 2.05) is 11.3 Å². The van der Waals surface area contributed by atoms with Crippen LogP contribution < -0.4 is 10.1 Å². The highest BCUT2D eigenvalue weighted by Gasteiger charge is 2.55. The summed E-state index contributed by atoms with van der Waals surface area (Å²) < 4.78 is 7.19. The van der Waals surface area contributed by atoms with Crippen molar-refractivity contribution in [2.24, 2.45) is 5.41 Å². The third-order valence-corrected chi connectivity index (χ3v) is 9.14. The fraction of sp³-hybridized carbons (Fsp3) is 0.517. The van der Waals surface area contributed by atoms with Gasteiger partial charge in [-0.1, -0.05) is 50.2 Å². The SMILES string of the molecule is Cc1sc([C@@](C)(Oc2cccc3ccccc23)C(C)(C)C(C)(C)NC(C)(C)C)c(C)c1C. The van der Waals surface area contributed by atoms with Gasteiger partial charge in [0.15, 0.2) is 0 Å². The maximum atomic E-state index is 7.19. The lowest BCUT2D eigenvalue weighted by Crippen LogP contribution is -2.65. The van der Waals surface area contributed by atoms with Crippen LogP contribution in [0.25, 0.3) is 10.8 Å². The third-order valence-electron chi connectivity index (χ3n) is 7.63. The molecular formula is C29H41NOS. The Hall–Kier alpha value is -1.84. The van der Waals surface area contributed by atoms with E-state index in [0.717, 1.165) is 11.1 Å². The Morgan fingerprint density at radius 3 is 1.91 bits per heavy atom. The normalized spacial score (nSPS) is 15.1. The smallest absolute Gasteiger partial charge is 0.147 e. The van der Waals surface area contributed by atoms with Gasteiger partial charge in [0.05, 0.1) is 4.88 Å². The molecule has 0 aliphatic carbocycles. The van der Waals surface area contributed by atoms with Crippen LogP contribution in [0.4, 0.5) is 0 Å². The summed E-state index contributed by atoms with van der Waals surface area (Å²) >= 11 is 1.88. The van der Waals surface area contributed by atoms with Gasteiger partial charge in [-0.3, -0.25) is 0 Å². The number of thiophene rings is 1. The minimum absolute atomic E-state index is 0.0164. The average Bonchev–Trinajstić information content (AvgIpc) is 2.94. The molecule has 0 saturated carbocycles. The van der Waals surface area contributed by atoms with Crippen LogP contribution in [0.15, 0.2) is 42.5 Å². The van der Waals surface area contributed by atoms with Gasteiger partial charge < -0.3 is 10.1 Å². The van der Waals surface area contributed by atoms with Crippen LogP contribution in [0.1, 0.15) is 76.3 Å². The van der Waals surface area contributed by atoms with Gasteiger partial charge in [-0.15, -0.1) is 11.3 Å². The second kappa shape index (κ2) is 8.18. The Labute approximate surface area is 199 Å². The monoisotopic (exact) mass is 451 g/mol. The van der Waals surface area contributed by atoms with Gasteiger partial charge in [0, 0.05) is 26.8 Å². The van der Waals surface area contributed by atoms with Gasteiger partial charge in [-0.25, -0.2) is 0 Å². The predicted octanol–water partition coefficient (Wildman–Crippen LogP) is 8.31. The number of hydrogen-bond acceptors (Lipinski definition) is 3. The lowest BCUT2D eigenvalue weighted by molar-refractivity contribution is -0.0827. The summed E-state index contributed by atoms with van der Waals surface area (Å²) in [5.41, 5.74) is 1.69. The molecule has 3 rings (SSSR count). The van der Waals surface area contributed by atoms with E-state index >= 15 is 0 Å². The molecule has 1 aromatic heterocycles. The van der Waals surface area contributed by atoms with Gasteiger partial charge in [-0.05, 0) is 84.9 Å². The van der Waals surface area contributed by atoms with E-state index in [2.05, 4.69) is 124 Å². The molecular weight excluding hydrogens is 410 g/mol. The van der Waals surface area contributed by atoms with Crippen molar-refractivity contribution in [3.63, 3.8) is 0 Å². The van der Waals surface area contributed by atoms with Crippen molar-refractivity contribution in [1.82, 2.24) is 5.32 Å². The molecule has 1 atom stereocenters.